The van der Waals surface area contributed by atoms with Gasteiger partial charge in [-0.1, -0.05) is 36.8 Å². The number of nitrogens with zero attached hydrogens (tertiary/aromatic N) is 1. The largest absolute Gasteiger partial charge is 0.446 e. The molecule has 1 aliphatic rings. The van der Waals surface area contributed by atoms with E-state index in [9.17, 15) is 18.8 Å². The standard InChI is InChI=1S/C22H23FN2O4/c23-17-10-12-18(13-11-17)24-22(28)21(16-7-3-1-4-8-16)29-20(27)15-25-14-6-2-5-9-19(25)26/h1,3-4,7-8,10-13,21H,2,5-6,9,14-15H2,(H,24,28). The number of hydrogen-bond donors (Lipinski definition) is 1. The summed E-state index contributed by atoms with van der Waals surface area (Å²) >= 11 is 0. The van der Waals surface area contributed by atoms with Crippen LogP contribution in [0, 0.1) is 5.82 Å². The molecule has 29 heavy (non-hydrogen) atoms. The van der Waals surface area contributed by atoms with Crippen LogP contribution in [-0.4, -0.2) is 35.8 Å². The van der Waals surface area contributed by atoms with Crippen LogP contribution in [0.4, 0.5) is 10.1 Å². The highest BCUT2D eigenvalue weighted by Gasteiger charge is 2.27. The van der Waals surface area contributed by atoms with Crippen LogP contribution >= 0.6 is 0 Å². The van der Waals surface area contributed by atoms with Gasteiger partial charge in [-0.05, 0) is 37.1 Å². The Labute approximate surface area is 168 Å². The number of carbonyl (C=O) groups is 3. The van der Waals surface area contributed by atoms with Crippen LogP contribution < -0.4 is 5.32 Å². The Morgan fingerprint density at radius 1 is 1.03 bits per heavy atom. The van der Waals surface area contributed by atoms with Crippen molar-refractivity contribution in [3.63, 3.8) is 0 Å². The second kappa shape index (κ2) is 9.82. The molecule has 0 aromatic heterocycles. The number of halogens is 1. The molecule has 2 aromatic carbocycles. The maximum atomic E-state index is 13.1. The van der Waals surface area contributed by atoms with Crippen molar-refractivity contribution >= 4 is 23.5 Å². The molecule has 1 saturated heterocycles. The first-order valence-electron chi connectivity index (χ1n) is 9.61. The summed E-state index contributed by atoms with van der Waals surface area (Å²) in [7, 11) is 0. The second-order valence-electron chi connectivity index (χ2n) is 6.90. The Bertz CT molecular complexity index is 855. The van der Waals surface area contributed by atoms with Crippen molar-refractivity contribution in [3.8, 4) is 0 Å². The van der Waals surface area contributed by atoms with Gasteiger partial charge in [0.15, 0.2) is 0 Å². The van der Waals surface area contributed by atoms with Gasteiger partial charge in [-0.15, -0.1) is 0 Å². The van der Waals surface area contributed by atoms with E-state index in [4.69, 9.17) is 4.74 Å². The lowest BCUT2D eigenvalue weighted by Gasteiger charge is -2.22. The van der Waals surface area contributed by atoms with E-state index >= 15 is 0 Å². The van der Waals surface area contributed by atoms with Gasteiger partial charge in [-0.2, -0.15) is 0 Å². The Hall–Kier alpha value is -3.22. The van der Waals surface area contributed by atoms with Crippen LogP contribution in [0.1, 0.15) is 37.4 Å². The number of esters is 1. The van der Waals surface area contributed by atoms with Crippen molar-refractivity contribution in [3.05, 3.63) is 66.0 Å². The third-order valence-electron chi connectivity index (χ3n) is 4.69. The van der Waals surface area contributed by atoms with Gasteiger partial charge in [0, 0.05) is 24.2 Å². The van der Waals surface area contributed by atoms with E-state index in [2.05, 4.69) is 5.32 Å². The molecular weight excluding hydrogens is 375 g/mol. The monoisotopic (exact) mass is 398 g/mol. The van der Waals surface area contributed by atoms with Crippen molar-refractivity contribution in [1.29, 1.82) is 0 Å². The first kappa shape index (κ1) is 20.5. The lowest BCUT2D eigenvalue weighted by atomic mass is 10.1. The highest BCUT2D eigenvalue weighted by atomic mass is 19.1. The summed E-state index contributed by atoms with van der Waals surface area (Å²) in [5, 5.41) is 2.63. The van der Waals surface area contributed by atoms with Gasteiger partial charge in [0.05, 0.1) is 0 Å². The molecule has 0 saturated carbocycles. The highest BCUT2D eigenvalue weighted by Crippen LogP contribution is 2.21. The molecule has 1 aliphatic heterocycles. The van der Waals surface area contributed by atoms with E-state index in [1.807, 2.05) is 0 Å². The number of benzene rings is 2. The van der Waals surface area contributed by atoms with Crippen LogP contribution in [0.2, 0.25) is 0 Å². The first-order chi connectivity index (χ1) is 14.0. The van der Waals surface area contributed by atoms with Gasteiger partial charge in [-0.25, -0.2) is 4.39 Å². The summed E-state index contributed by atoms with van der Waals surface area (Å²) in [6, 6.07) is 13.9. The molecule has 0 spiro atoms. The van der Waals surface area contributed by atoms with Crippen LogP contribution in [0.3, 0.4) is 0 Å². The maximum absolute atomic E-state index is 13.1. The number of ether oxygens (including phenoxy) is 1. The molecule has 6 nitrogen and oxygen atoms in total. The average Bonchev–Trinajstić information content (AvgIpc) is 2.92. The first-order valence-corrected chi connectivity index (χ1v) is 9.61. The molecule has 1 N–H and O–H groups in total. The lowest BCUT2D eigenvalue weighted by molar-refractivity contribution is -0.157. The van der Waals surface area contributed by atoms with Crippen molar-refractivity contribution in [2.45, 2.75) is 31.8 Å². The third-order valence-corrected chi connectivity index (χ3v) is 4.69. The maximum Gasteiger partial charge on any atom is 0.326 e. The number of anilines is 1. The minimum absolute atomic E-state index is 0.0773. The molecule has 1 atom stereocenters. The van der Waals surface area contributed by atoms with Crippen LogP contribution in [-0.2, 0) is 19.1 Å². The van der Waals surface area contributed by atoms with E-state index in [1.165, 1.54) is 29.2 Å². The number of rotatable bonds is 6. The smallest absolute Gasteiger partial charge is 0.326 e. The predicted octanol–water partition coefficient (Wildman–Crippen LogP) is 3.45. The minimum atomic E-state index is -1.18. The summed E-state index contributed by atoms with van der Waals surface area (Å²) in [5.41, 5.74) is 0.888. The SMILES string of the molecule is O=C(CN1CCCCCC1=O)OC(C(=O)Nc1ccc(F)cc1)c1ccccc1. The number of hydrogen-bond acceptors (Lipinski definition) is 4. The molecule has 0 bridgehead atoms. The minimum Gasteiger partial charge on any atom is -0.446 e. The Kier molecular flexibility index (Phi) is 6.94. The molecule has 2 aromatic rings. The number of nitrogens with one attached hydrogen (secondary N) is 1. The Morgan fingerprint density at radius 3 is 2.48 bits per heavy atom. The van der Waals surface area contributed by atoms with E-state index in [-0.39, 0.29) is 12.5 Å². The molecule has 1 unspecified atom stereocenters. The normalized spacial score (nSPS) is 15.3. The van der Waals surface area contributed by atoms with Crippen molar-refractivity contribution in [1.82, 2.24) is 4.90 Å². The zero-order valence-corrected chi connectivity index (χ0v) is 16.0. The van der Waals surface area contributed by atoms with Gasteiger partial charge in [0.25, 0.3) is 5.91 Å². The zero-order valence-electron chi connectivity index (χ0n) is 16.0. The van der Waals surface area contributed by atoms with Gasteiger partial charge < -0.3 is 15.0 Å². The molecular formula is C22H23FN2O4. The summed E-state index contributed by atoms with van der Waals surface area (Å²) in [6.45, 7) is 0.317. The van der Waals surface area contributed by atoms with E-state index < -0.39 is 23.8 Å². The number of likely N-dealkylation sites (tertiary alicyclic amines) is 1. The van der Waals surface area contributed by atoms with Crippen molar-refractivity contribution < 1.29 is 23.5 Å². The van der Waals surface area contributed by atoms with Gasteiger partial charge in [0.2, 0.25) is 12.0 Å². The van der Waals surface area contributed by atoms with Crippen LogP contribution in [0.5, 0.6) is 0 Å². The molecule has 152 valence electrons. The van der Waals surface area contributed by atoms with Gasteiger partial charge in [-0.3, -0.25) is 14.4 Å². The van der Waals surface area contributed by atoms with E-state index in [1.54, 1.807) is 30.3 Å². The topological polar surface area (TPSA) is 75.7 Å². The molecule has 2 amide bonds. The summed E-state index contributed by atoms with van der Waals surface area (Å²) < 4.78 is 18.6. The number of carbonyl (C=O) groups excluding carboxylic acids is 3. The van der Waals surface area contributed by atoms with Crippen molar-refractivity contribution in [2.75, 3.05) is 18.4 Å². The summed E-state index contributed by atoms with van der Waals surface area (Å²) in [4.78, 5) is 38.9. The molecule has 7 heteroatoms. The van der Waals surface area contributed by atoms with E-state index in [0.717, 1.165) is 19.3 Å². The molecule has 0 aliphatic carbocycles. The van der Waals surface area contributed by atoms with E-state index in [0.29, 0.717) is 24.2 Å². The summed E-state index contributed by atoms with van der Waals surface area (Å²) in [6.07, 6.45) is 1.84. The molecule has 0 radical (unpaired) electrons. The highest BCUT2D eigenvalue weighted by molar-refractivity contribution is 5.96. The zero-order chi connectivity index (χ0) is 20.6. The molecule has 1 heterocycles. The van der Waals surface area contributed by atoms with Crippen molar-refractivity contribution in [2.24, 2.45) is 0 Å². The Morgan fingerprint density at radius 2 is 1.76 bits per heavy atom. The van der Waals surface area contributed by atoms with Gasteiger partial charge in [0.1, 0.15) is 12.4 Å². The lowest BCUT2D eigenvalue weighted by Crippen LogP contribution is -2.37. The second-order valence-corrected chi connectivity index (χ2v) is 6.90. The summed E-state index contributed by atoms with van der Waals surface area (Å²) in [5.74, 6) is -1.70. The molecule has 1 fully saturated rings. The fourth-order valence-electron chi connectivity index (χ4n) is 3.17. The fraction of sp³-hybridized carbons (Fsp3) is 0.318. The van der Waals surface area contributed by atoms with Crippen LogP contribution in [0.15, 0.2) is 54.6 Å². The fourth-order valence-corrected chi connectivity index (χ4v) is 3.17. The Balaban J connectivity index is 1.71. The third kappa shape index (κ3) is 5.88. The van der Waals surface area contributed by atoms with Crippen LogP contribution in [0.25, 0.3) is 0 Å². The predicted molar refractivity (Wildman–Crippen MR) is 105 cm³/mol. The number of amides is 2. The van der Waals surface area contributed by atoms with Gasteiger partial charge >= 0.3 is 5.97 Å². The average molecular weight is 398 g/mol. The molecule has 3 rings (SSSR count). The quantitative estimate of drug-likeness (QED) is 0.757.